The number of nitrogens with one attached hydrogen (secondary N) is 1. The van der Waals surface area contributed by atoms with Gasteiger partial charge in [0.25, 0.3) is 0 Å². The quantitative estimate of drug-likeness (QED) is 0.859. The highest BCUT2D eigenvalue weighted by molar-refractivity contribution is 5.38. The van der Waals surface area contributed by atoms with Gasteiger partial charge in [-0.3, -0.25) is 4.90 Å². The molecular formula is C21H27N3. The van der Waals surface area contributed by atoms with E-state index in [9.17, 15) is 0 Å². The van der Waals surface area contributed by atoms with Gasteiger partial charge in [0.2, 0.25) is 0 Å². The number of aromatic nitrogens is 1. The van der Waals surface area contributed by atoms with Crippen molar-refractivity contribution in [3.63, 3.8) is 0 Å². The van der Waals surface area contributed by atoms with E-state index in [0.717, 1.165) is 12.4 Å². The number of likely N-dealkylation sites (tertiary alicyclic amines) is 1. The van der Waals surface area contributed by atoms with Crippen LogP contribution in [0.2, 0.25) is 0 Å². The van der Waals surface area contributed by atoms with E-state index in [4.69, 9.17) is 0 Å². The van der Waals surface area contributed by atoms with Crippen molar-refractivity contribution in [2.24, 2.45) is 0 Å². The van der Waals surface area contributed by atoms with Crippen molar-refractivity contribution >= 4 is 5.82 Å². The Bertz CT molecular complexity index is 634. The van der Waals surface area contributed by atoms with Crippen LogP contribution in [0.15, 0.2) is 48.7 Å². The van der Waals surface area contributed by atoms with Gasteiger partial charge in [-0.05, 0) is 55.8 Å². The summed E-state index contributed by atoms with van der Waals surface area (Å²) in [5.41, 5.74) is 2.77. The third-order valence-electron chi connectivity index (χ3n) is 5.47. The van der Waals surface area contributed by atoms with E-state index >= 15 is 0 Å². The van der Waals surface area contributed by atoms with Gasteiger partial charge in [0.05, 0.1) is 0 Å². The molecule has 126 valence electrons. The summed E-state index contributed by atoms with van der Waals surface area (Å²) < 4.78 is 0. The lowest BCUT2D eigenvalue weighted by atomic mass is 9.93. The maximum Gasteiger partial charge on any atom is 0.126 e. The summed E-state index contributed by atoms with van der Waals surface area (Å²) in [6.07, 6.45) is 9.88. The third-order valence-corrected chi connectivity index (χ3v) is 5.47. The van der Waals surface area contributed by atoms with E-state index in [-0.39, 0.29) is 0 Å². The topological polar surface area (TPSA) is 28.2 Å². The first-order valence-corrected chi connectivity index (χ1v) is 9.39. The van der Waals surface area contributed by atoms with Gasteiger partial charge in [0.15, 0.2) is 0 Å². The molecule has 1 N–H and O–H groups in total. The molecule has 1 aliphatic heterocycles. The van der Waals surface area contributed by atoms with Crippen LogP contribution >= 0.6 is 0 Å². The highest BCUT2D eigenvalue weighted by Crippen LogP contribution is 2.32. The molecule has 0 radical (unpaired) electrons. The summed E-state index contributed by atoms with van der Waals surface area (Å²) in [5, 5.41) is 3.53. The molecule has 0 spiro atoms. The van der Waals surface area contributed by atoms with Crippen molar-refractivity contribution in [1.29, 1.82) is 0 Å². The van der Waals surface area contributed by atoms with Crippen LogP contribution in [0, 0.1) is 0 Å². The second-order valence-electron chi connectivity index (χ2n) is 7.22. The average Bonchev–Trinajstić information content (AvgIpc) is 2.60. The number of hydrogen-bond acceptors (Lipinski definition) is 3. The number of piperidine rings is 1. The molecule has 3 nitrogen and oxygen atoms in total. The molecule has 1 saturated carbocycles. The first-order valence-electron chi connectivity index (χ1n) is 9.39. The van der Waals surface area contributed by atoms with E-state index in [0.29, 0.717) is 12.1 Å². The van der Waals surface area contributed by atoms with Crippen LogP contribution in [0.5, 0.6) is 0 Å². The zero-order chi connectivity index (χ0) is 16.2. The van der Waals surface area contributed by atoms with Crippen molar-refractivity contribution in [2.45, 2.75) is 57.2 Å². The van der Waals surface area contributed by atoms with Crippen molar-refractivity contribution in [1.82, 2.24) is 9.88 Å². The predicted molar refractivity (Wildman–Crippen MR) is 98.9 cm³/mol. The normalized spacial score (nSPS) is 22.1. The minimum absolute atomic E-state index is 0.504. The highest BCUT2D eigenvalue weighted by atomic mass is 15.2. The summed E-state index contributed by atoms with van der Waals surface area (Å²) in [6.45, 7) is 2.22. The smallest absolute Gasteiger partial charge is 0.126 e. The molecule has 2 aromatic rings. The number of anilines is 1. The summed E-state index contributed by atoms with van der Waals surface area (Å²) in [4.78, 5) is 7.30. The Morgan fingerprint density at radius 1 is 0.958 bits per heavy atom. The minimum atomic E-state index is 0.504. The molecule has 24 heavy (non-hydrogen) atoms. The van der Waals surface area contributed by atoms with E-state index in [1.807, 2.05) is 0 Å². The Balaban J connectivity index is 1.45. The van der Waals surface area contributed by atoms with E-state index < -0.39 is 0 Å². The van der Waals surface area contributed by atoms with E-state index in [2.05, 4.69) is 63.9 Å². The van der Waals surface area contributed by atoms with Gasteiger partial charge in [-0.25, -0.2) is 4.98 Å². The van der Waals surface area contributed by atoms with Crippen LogP contribution in [0.1, 0.15) is 55.7 Å². The monoisotopic (exact) mass is 321 g/mol. The van der Waals surface area contributed by atoms with Crippen LogP contribution in [0.25, 0.3) is 0 Å². The van der Waals surface area contributed by atoms with Crippen LogP contribution in [0.3, 0.4) is 0 Å². The average molecular weight is 321 g/mol. The minimum Gasteiger partial charge on any atom is -0.367 e. The second kappa shape index (κ2) is 7.35. The predicted octanol–water partition coefficient (Wildman–Crippen LogP) is 4.77. The molecule has 3 heteroatoms. The Hall–Kier alpha value is -1.87. The maximum atomic E-state index is 4.68. The fourth-order valence-corrected chi connectivity index (χ4v) is 3.83. The van der Waals surface area contributed by atoms with Crippen LogP contribution in [0.4, 0.5) is 5.82 Å². The lowest BCUT2D eigenvalue weighted by Gasteiger charge is -2.36. The lowest BCUT2D eigenvalue weighted by molar-refractivity contribution is 0.140. The summed E-state index contributed by atoms with van der Waals surface area (Å²) in [5.74, 6) is 1.04. The molecule has 1 aromatic heterocycles. The Labute approximate surface area is 145 Å². The van der Waals surface area contributed by atoms with Gasteiger partial charge >= 0.3 is 0 Å². The number of hydrogen-bond donors (Lipinski definition) is 1. The molecule has 2 fully saturated rings. The lowest BCUT2D eigenvalue weighted by Crippen LogP contribution is -2.33. The van der Waals surface area contributed by atoms with Gasteiger partial charge in [0.1, 0.15) is 5.82 Å². The molecule has 4 rings (SSSR count). The highest BCUT2D eigenvalue weighted by Gasteiger charge is 2.24. The first kappa shape index (κ1) is 15.6. The fraction of sp³-hybridized carbons (Fsp3) is 0.476. The maximum absolute atomic E-state index is 4.68. The summed E-state index contributed by atoms with van der Waals surface area (Å²) >= 11 is 0. The molecule has 2 heterocycles. The van der Waals surface area contributed by atoms with E-state index in [1.165, 1.54) is 56.2 Å². The van der Waals surface area contributed by atoms with Crippen molar-refractivity contribution in [3.8, 4) is 0 Å². The van der Waals surface area contributed by atoms with Gasteiger partial charge in [0, 0.05) is 24.8 Å². The Morgan fingerprint density at radius 2 is 1.83 bits per heavy atom. The molecule has 1 aliphatic carbocycles. The van der Waals surface area contributed by atoms with Crippen molar-refractivity contribution in [3.05, 3.63) is 59.8 Å². The molecule has 0 unspecified atom stereocenters. The second-order valence-corrected chi connectivity index (χ2v) is 7.22. The van der Waals surface area contributed by atoms with Crippen molar-refractivity contribution < 1.29 is 0 Å². The van der Waals surface area contributed by atoms with Crippen LogP contribution < -0.4 is 5.32 Å². The van der Waals surface area contributed by atoms with Crippen LogP contribution in [-0.2, 0) is 6.54 Å². The third kappa shape index (κ3) is 3.62. The number of pyridine rings is 1. The van der Waals surface area contributed by atoms with Crippen LogP contribution in [-0.4, -0.2) is 22.5 Å². The molecular weight excluding hydrogens is 294 g/mol. The molecule has 0 amide bonds. The zero-order valence-corrected chi connectivity index (χ0v) is 14.3. The SMILES string of the molecule is c1ccc(CN2CCCC[C@H]2c2ccc(NC3CCC3)nc2)cc1. The fourth-order valence-electron chi connectivity index (χ4n) is 3.83. The van der Waals surface area contributed by atoms with Gasteiger partial charge in [-0.15, -0.1) is 0 Å². The number of benzene rings is 1. The van der Waals surface area contributed by atoms with Crippen molar-refractivity contribution in [2.75, 3.05) is 11.9 Å². The zero-order valence-electron chi connectivity index (χ0n) is 14.3. The largest absolute Gasteiger partial charge is 0.367 e. The Morgan fingerprint density at radius 3 is 2.54 bits per heavy atom. The van der Waals surface area contributed by atoms with E-state index in [1.54, 1.807) is 0 Å². The number of rotatable bonds is 5. The Kier molecular flexibility index (Phi) is 4.79. The van der Waals surface area contributed by atoms with Gasteiger partial charge < -0.3 is 5.32 Å². The molecule has 0 bridgehead atoms. The standard InChI is InChI=1S/C21H27N3/c1-2-7-17(8-3-1)16-24-14-5-4-11-20(24)18-12-13-21(22-15-18)23-19-9-6-10-19/h1-3,7-8,12-13,15,19-20H,4-6,9-11,14,16H2,(H,22,23)/t20-/m0/s1. The molecule has 1 atom stereocenters. The first-order chi connectivity index (χ1) is 11.9. The van der Waals surface area contributed by atoms with Gasteiger partial charge in [-0.2, -0.15) is 0 Å². The number of nitrogens with zero attached hydrogens (tertiary/aromatic N) is 2. The molecule has 2 aliphatic rings. The summed E-state index contributed by atoms with van der Waals surface area (Å²) in [6, 6.07) is 16.4. The molecule has 1 aromatic carbocycles. The summed E-state index contributed by atoms with van der Waals surface area (Å²) in [7, 11) is 0. The molecule has 1 saturated heterocycles. The van der Waals surface area contributed by atoms with Gasteiger partial charge in [-0.1, -0.05) is 42.8 Å².